The van der Waals surface area contributed by atoms with Gasteiger partial charge in [-0.3, -0.25) is 9.59 Å². The Morgan fingerprint density at radius 2 is 1.84 bits per heavy atom. The molecule has 0 radical (unpaired) electrons. The zero-order valence-corrected chi connectivity index (χ0v) is 11.9. The molecule has 1 aromatic carbocycles. The van der Waals surface area contributed by atoms with Crippen LogP contribution in [0.1, 0.15) is 16.7 Å². The Balaban J connectivity index is 2.72. The molecule has 0 aliphatic carbocycles. The lowest BCUT2D eigenvalue weighted by molar-refractivity contribution is -0.133. The third-order valence-electron chi connectivity index (χ3n) is 2.79. The zero-order valence-electron chi connectivity index (χ0n) is 11.1. The molecule has 0 aromatic heterocycles. The van der Waals surface area contributed by atoms with E-state index in [0.29, 0.717) is 11.3 Å². The Labute approximate surface area is 116 Å². The summed E-state index contributed by atoms with van der Waals surface area (Å²) >= 11 is 1.05. The lowest BCUT2D eigenvalue weighted by Gasteiger charge is -2.13. The maximum absolute atomic E-state index is 11.7. The molecule has 0 saturated heterocycles. The molecule has 6 heteroatoms. The Kier molecular flexibility index (Phi) is 5.23. The molecule has 0 bridgehead atoms. The fourth-order valence-electron chi connectivity index (χ4n) is 1.62. The summed E-state index contributed by atoms with van der Waals surface area (Å²) in [6.07, 6.45) is 0. The molecule has 0 spiro atoms. The Bertz CT molecular complexity index is 514. The third-order valence-corrected chi connectivity index (χ3v) is 3.71. The predicted octanol–water partition coefficient (Wildman–Crippen LogP) is 2.07. The number of carboxylic acid groups (broad SMARTS) is 1. The van der Waals surface area contributed by atoms with Gasteiger partial charge in [-0.05, 0) is 43.5 Å². The van der Waals surface area contributed by atoms with Gasteiger partial charge in [-0.1, -0.05) is 0 Å². The second kappa shape index (κ2) is 6.47. The van der Waals surface area contributed by atoms with Gasteiger partial charge in [0.15, 0.2) is 0 Å². The van der Waals surface area contributed by atoms with Gasteiger partial charge in [-0.25, -0.2) is 0 Å². The molecule has 1 aromatic rings. The smallest absolute Gasteiger partial charge is 0.313 e. The number of carbonyl (C=O) groups excluding carboxylic acids is 1. The van der Waals surface area contributed by atoms with E-state index in [4.69, 9.17) is 5.11 Å². The van der Waals surface area contributed by atoms with Crippen LogP contribution in [0.15, 0.2) is 6.07 Å². The number of anilines is 1. The molecule has 0 unspecified atom stereocenters. The molecule has 0 fully saturated rings. The lowest BCUT2D eigenvalue weighted by Crippen LogP contribution is -2.16. The van der Waals surface area contributed by atoms with Crippen LogP contribution < -0.4 is 5.32 Å². The number of aryl methyl sites for hydroxylation is 1. The van der Waals surface area contributed by atoms with Crippen LogP contribution in [-0.4, -0.2) is 33.6 Å². The van der Waals surface area contributed by atoms with Crippen molar-refractivity contribution in [2.45, 2.75) is 20.8 Å². The van der Waals surface area contributed by atoms with Crippen molar-refractivity contribution in [3.05, 3.63) is 22.8 Å². The van der Waals surface area contributed by atoms with Gasteiger partial charge in [0, 0.05) is 5.69 Å². The minimum absolute atomic E-state index is 0.0880. The number of hydrogen-bond donors (Lipinski definition) is 3. The monoisotopic (exact) mass is 283 g/mol. The lowest BCUT2D eigenvalue weighted by atomic mass is 10.0. The van der Waals surface area contributed by atoms with Gasteiger partial charge < -0.3 is 15.5 Å². The van der Waals surface area contributed by atoms with Gasteiger partial charge in [0.2, 0.25) is 5.91 Å². The number of phenolic OH excluding ortho intramolecular Hbond substituents is 1. The van der Waals surface area contributed by atoms with E-state index in [2.05, 4.69) is 5.32 Å². The number of hydrogen-bond acceptors (Lipinski definition) is 4. The van der Waals surface area contributed by atoms with Crippen LogP contribution in [0, 0.1) is 20.8 Å². The summed E-state index contributed by atoms with van der Waals surface area (Å²) in [6.45, 7) is 5.36. The van der Waals surface area contributed by atoms with Crippen LogP contribution in [0.4, 0.5) is 5.69 Å². The zero-order chi connectivity index (χ0) is 14.6. The van der Waals surface area contributed by atoms with E-state index >= 15 is 0 Å². The van der Waals surface area contributed by atoms with Gasteiger partial charge in [-0.15, -0.1) is 11.8 Å². The van der Waals surface area contributed by atoms with E-state index in [1.165, 1.54) is 0 Å². The minimum Gasteiger partial charge on any atom is -0.507 e. The number of amides is 1. The molecule has 3 N–H and O–H groups in total. The van der Waals surface area contributed by atoms with Crippen LogP contribution in [0.2, 0.25) is 0 Å². The first kappa shape index (κ1) is 15.4. The predicted molar refractivity (Wildman–Crippen MR) is 75.9 cm³/mol. The summed E-state index contributed by atoms with van der Waals surface area (Å²) in [4.78, 5) is 22.0. The highest BCUT2D eigenvalue weighted by atomic mass is 32.2. The summed E-state index contributed by atoms with van der Waals surface area (Å²) in [5, 5.41) is 21.0. The van der Waals surface area contributed by atoms with E-state index < -0.39 is 5.97 Å². The van der Waals surface area contributed by atoms with E-state index in [0.717, 1.165) is 22.9 Å². The number of carboxylic acids is 1. The molecule has 19 heavy (non-hydrogen) atoms. The molecular weight excluding hydrogens is 266 g/mol. The molecule has 1 rings (SSSR count). The summed E-state index contributed by atoms with van der Waals surface area (Å²) in [7, 11) is 0. The molecule has 5 nitrogen and oxygen atoms in total. The molecule has 0 aliphatic rings. The second-order valence-electron chi connectivity index (χ2n) is 4.27. The number of nitrogens with one attached hydrogen (secondary N) is 1. The van der Waals surface area contributed by atoms with Crippen molar-refractivity contribution in [1.29, 1.82) is 0 Å². The molecular formula is C13H17NO4S. The normalized spacial score (nSPS) is 10.3. The Hall–Kier alpha value is -1.69. The number of phenols is 1. The molecule has 0 aliphatic heterocycles. The van der Waals surface area contributed by atoms with Crippen molar-refractivity contribution < 1.29 is 19.8 Å². The largest absolute Gasteiger partial charge is 0.507 e. The maximum atomic E-state index is 11.7. The number of rotatable bonds is 5. The van der Waals surface area contributed by atoms with Gasteiger partial charge in [0.25, 0.3) is 0 Å². The van der Waals surface area contributed by atoms with Gasteiger partial charge in [-0.2, -0.15) is 0 Å². The fraction of sp³-hybridized carbons (Fsp3) is 0.385. The number of aromatic hydroxyl groups is 1. The van der Waals surface area contributed by atoms with Crippen molar-refractivity contribution in [2.24, 2.45) is 0 Å². The molecule has 0 saturated carbocycles. The first-order valence-electron chi connectivity index (χ1n) is 5.72. The van der Waals surface area contributed by atoms with Crippen LogP contribution in [0.25, 0.3) is 0 Å². The van der Waals surface area contributed by atoms with E-state index in [-0.39, 0.29) is 23.2 Å². The van der Waals surface area contributed by atoms with Crippen molar-refractivity contribution in [3.63, 3.8) is 0 Å². The van der Waals surface area contributed by atoms with Crippen LogP contribution in [0.3, 0.4) is 0 Å². The van der Waals surface area contributed by atoms with E-state index in [9.17, 15) is 14.7 Å². The molecule has 0 heterocycles. The summed E-state index contributed by atoms with van der Waals surface area (Å²) in [6, 6.07) is 1.71. The van der Waals surface area contributed by atoms with Crippen molar-refractivity contribution in [1.82, 2.24) is 0 Å². The summed E-state index contributed by atoms with van der Waals surface area (Å²) < 4.78 is 0. The van der Waals surface area contributed by atoms with Crippen LogP contribution in [-0.2, 0) is 9.59 Å². The summed E-state index contributed by atoms with van der Waals surface area (Å²) in [5.41, 5.74) is 2.87. The highest BCUT2D eigenvalue weighted by Gasteiger charge is 2.11. The SMILES string of the molecule is Cc1cc(NC(=O)CSCC(=O)O)c(C)c(C)c1O. The molecule has 104 valence electrons. The van der Waals surface area contributed by atoms with Crippen molar-refractivity contribution >= 4 is 29.3 Å². The molecule has 1 amide bonds. The Morgan fingerprint density at radius 1 is 1.21 bits per heavy atom. The fourth-order valence-corrected chi connectivity index (χ4v) is 2.15. The average molecular weight is 283 g/mol. The number of carbonyl (C=O) groups is 2. The molecule has 0 atom stereocenters. The van der Waals surface area contributed by atoms with Gasteiger partial charge in [0.1, 0.15) is 5.75 Å². The minimum atomic E-state index is -0.940. The Morgan fingerprint density at radius 3 is 2.42 bits per heavy atom. The van der Waals surface area contributed by atoms with Crippen LogP contribution in [0.5, 0.6) is 5.75 Å². The first-order chi connectivity index (χ1) is 8.82. The standard InChI is InChI=1S/C13H17NO4S/c1-7-4-10(8(2)9(3)13(7)18)14-11(15)5-19-6-12(16)17/h4,18H,5-6H2,1-3H3,(H,14,15)(H,16,17). The quantitative estimate of drug-likeness (QED) is 0.720. The van der Waals surface area contributed by atoms with Crippen molar-refractivity contribution in [2.75, 3.05) is 16.8 Å². The van der Waals surface area contributed by atoms with Crippen LogP contribution >= 0.6 is 11.8 Å². The van der Waals surface area contributed by atoms with Crippen molar-refractivity contribution in [3.8, 4) is 5.75 Å². The number of aliphatic carboxylic acids is 1. The third kappa shape index (κ3) is 4.17. The highest BCUT2D eigenvalue weighted by molar-refractivity contribution is 8.00. The summed E-state index contributed by atoms with van der Waals surface area (Å²) in [5.74, 6) is -0.968. The van der Waals surface area contributed by atoms with E-state index in [1.807, 2.05) is 6.92 Å². The topological polar surface area (TPSA) is 86.6 Å². The second-order valence-corrected chi connectivity index (χ2v) is 5.26. The van der Waals surface area contributed by atoms with E-state index in [1.54, 1.807) is 19.9 Å². The number of thioether (sulfide) groups is 1. The highest BCUT2D eigenvalue weighted by Crippen LogP contribution is 2.30. The maximum Gasteiger partial charge on any atom is 0.313 e. The van der Waals surface area contributed by atoms with Gasteiger partial charge >= 0.3 is 5.97 Å². The number of benzene rings is 1. The average Bonchev–Trinajstić information content (AvgIpc) is 2.33. The van der Waals surface area contributed by atoms with Gasteiger partial charge in [0.05, 0.1) is 11.5 Å². The first-order valence-corrected chi connectivity index (χ1v) is 6.87.